The molecule has 6 heteroatoms. The van der Waals surface area contributed by atoms with Gasteiger partial charge in [0.2, 0.25) is 5.91 Å². The van der Waals surface area contributed by atoms with Crippen molar-refractivity contribution in [2.75, 3.05) is 18.4 Å². The lowest BCUT2D eigenvalue weighted by atomic mass is 9.78. The van der Waals surface area contributed by atoms with Crippen LogP contribution in [0.25, 0.3) is 0 Å². The monoisotopic (exact) mass is 343 g/mol. The van der Waals surface area contributed by atoms with E-state index in [0.29, 0.717) is 29.8 Å². The van der Waals surface area contributed by atoms with Crippen LogP contribution >= 0.6 is 0 Å². The summed E-state index contributed by atoms with van der Waals surface area (Å²) in [7, 11) is 0. The van der Waals surface area contributed by atoms with Crippen LogP contribution in [0.2, 0.25) is 0 Å². The number of piperidine rings is 1. The molecular weight excluding hydrogens is 314 g/mol. The molecule has 0 aromatic carbocycles. The summed E-state index contributed by atoms with van der Waals surface area (Å²) >= 11 is 0. The summed E-state index contributed by atoms with van der Waals surface area (Å²) in [6.45, 7) is 1.73. The number of amides is 1. The Morgan fingerprint density at radius 1 is 1.12 bits per heavy atom. The van der Waals surface area contributed by atoms with E-state index in [4.69, 9.17) is 5.73 Å². The number of likely N-dealkylation sites (tertiary alicyclic amines) is 1. The second-order valence-electron chi connectivity index (χ2n) is 7.98. The van der Waals surface area contributed by atoms with Gasteiger partial charge in [0.25, 0.3) is 0 Å². The van der Waals surface area contributed by atoms with Crippen molar-refractivity contribution in [1.29, 1.82) is 0 Å². The minimum atomic E-state index is 0.294. The van der Waals surface area contributed by atoms with Crippen molar-refractivity contribution >= 4 is 11.7 Å². The molecule has 1 aromatic rings. The normalized spacial score (nSPS) is 28.0. The second-order valence-corrected chi connectivity index (χ2v) is 7.98. The van der Waals surface area contributed by atoms with E-state index in [2.05, 4.69) is 26.3 Å². The van der Waals surface area contributed by atoms with Crippen LogP contribution in [0.3, 0.4) is 0 Å². The van der Waals surface area contributed by atoms with Crippen molar-refractivity contribution in [3.63, 3.8) is 0 Å². The molecule has 0 atom stereocenters. The van der Waals surface area contributed by atoms with Gasteiger partial charge >= 0.3 is 0 Å². The molecule has 1 aliphatic heterocycles. The molecule has 3 aliphatic rings. The average Bonchev–Trinajstić information content (AvgIpc) is 3.14. The van der Waals surface area contributed by atoms with Gasteiger partial charge < -0.3 is 16.0 Å². The lowest BCUT2D eigenvalue weighted by Gasteiger charge is -2.34. The molecular formula is C19H29N5O. The minimum Gasteiger partial charge on any atom is -0.367 e. The van der Waals surface area contributed by atoms with Gasteiger partial charge in [0.15, 0.2) is 0 Å². The Morgan fingerprint density at radius 2 is 1.84 bits per heavy atom. The van der Waals surface area contributed by atoms with Crippen LogP contribution in [0.4, 0.5) is 5.82 Å². The molecule has 2 saturated carbocycles. The quantitative estimate of drug-likeness (QED) is 0.876. The Balaban J connectivity index is 1.28. The molecule has 3 N–H and O–H groups in total. The summed E-state index contributed by atoms with van der Waals surface area (Å²) in [6.07, 6.45) is 10.3. The molecule has 3 fully saturated rings. The SMILES string of the molecule is NC1CC(c2cc(NC3CCN(C(=O)C4CCCC4)CC3)ncn2)C1. The van der Waals surface area contributed by atoms with Crippen molar-refractivity contribution in [2.45, 2.75) is 69.4 Å². The number of nitrogens with two attached hydrogens (primary N) is 1. The zero-order valence-electron chi connectivity index (χ0n) is 14.9. The first kappa shape index (κ1) is 16.8. The van der Waals surface area contributed by atoms with Gasteiger partial charge in [0.1, 0.15) is 12.1 Å². The van der Waals surface area contributed by atoms with Crippen molar-refractivity contribution in [2.24, 2.45) is 11.7 Å². The first-order chi connectivity index (χ1) is 12.2. The molecule has 2 heterocycles. The van der Waals surface area contributed by atoms with Crippen molar-refractivity contribution in [3.8, 4) is 0 Å². The van der Waals surface area contributed by atoms with Crippen LogP contribution in [0.15, 0.2) is 12.4 Å². The van der Waals surface area contributed by atoms with Gasteiger partial charge in [-0.15, -0.1) is 0 Å². The van der Waals surface area contributed by atoms with Crippen LogP contribution in [0, 0.1) is 5.92 Å². The van der Waals surface area contributed by atoms with E-state index >= 15 is 0 Å². The molecule has 6 nitrogen and oxygen atoms in total. The second kappa shape index (κ2) is 7.28. The highest BCUT2D eigenvalue weighted by Crippen LogP contribution is 2.35. The summed E-state index contributed by atoms with van der Waals surface area (Å²) < 4.78 is 0. The lowest BCUT2D eigenvalue weighted by Crippen LogP contribution is -2.44. The van der Waals surface area contributed by atoms with Gasteiger partial charge in [-0.2, -0.15) is 0 Å². The van der Waals surface area contributed by atoms with E-state index in [9.17, 15) is 4.79 Å². The topological polar surface area (TPSA) is 84.1 Å². The lowest BCUT2D eigenvalue weighted by molar-refractivity contribution is -0.136. The molecule has 0 radical (unpaired) electrons. The molecule has 25 heavy (non-hydrogen) atoms. The van der Waals surface area contributed by atoms with E-state index < -0.39 is 0 Å². The minimum absolute atomic E-state index is 0.294. The van der Waals surface area contributed by atoms with E-state index in [1.807, 2.05) is 0 Å². The van der Waals surface area contributed by atoms with Crippen LogP contribution in [0.1, 0.15) is 63.0 Å². The molecule has 0 bridgehead atoms. The van der Waals surface area contributed by atoms with Gasteiger partial charge in [-0.1, -0.05) is 12.8 Å². The first-order valence-electron chi connectivity index (χ1n) is 9.82. The maximum atomic E-state index is 12.5. The highest BCUT2D eigenvalue weighted by molar-refractivity contribution is 5.79. The van der Waals surface area contributed by atoms with Crippen molar-refractivity contribution < 1.29 is 4.79 Å². The summed E-state index contributed by atoms with van der Waals surface area (Å²) in [5.41, 5.74) is 6.99. The van der Waals surface area contributed by atoms with E-state index in [0.717, 1.165) is 63.1 Å². The maximum Gasteiger partial charge on any atom is 0.225 e. The highest BCUT2D eigenvalue weighted by atomic mass is 16.2. The Bertz CT molecular complexity index is 602. The Labute approximate surface area is 149 Å². The number of aromatic nitrogens is 2. The number of carbonyl (C=O) groups excluding carboxylic acids is 1. The predicted molar refractivity (Wildman–Crippen MR) is 97.2 cm³/mol. The van der Waals surface area contributed by atoms with Gasteiger partial charge in [-0.3, -0.25) is 4.79 Å². The fraction of sp³-hybridized carbons (Fsp3) is 0.737. The Hall–Kier alpha value is -1.69. The van der Waals surface area contributed by atoms with Crippen LogP contribution in [0.5, 0.6) is 0 Å². The van der Waals surface area contributed by atoms with Crippen LogP contribution < -0.4 is 11.1 Å². The molecule has 1 aromatic heterocycles. The highest BCUT2D eigenvalue weighted by Gasteiger charge is 2.31. The standard InChI is InChI=1S/C19H29N5O/c20-15-9-14(10-15)17-11-18(22-12-21-17)23-16-5-7-24(8-6-16)19(25)13-3-1-2-4-13/h11-16H,1-10,20H2,(H,21,22,23). The number of nitrogens with one attached hydrogen (secondary N) is 1. The summed E-state index contributed by atoms with van der Waals surface area (Å²) in [5.74, 6) is 2.08. The smallest absolute Gasteiger partial charge is 0.225 e. The number of carbonyl (C=O) groups is 1. The van der Waals surface area contributed by atoms with Crippen LogP contribution in [-0.4, -0.2) is 45.9 Å². The van der Waals surface area contributed by atoms with E-state index in [1.165, 1.54) is 12.8 Å². The zero-order valence-corrected chi connectivity index (χ0v) is 14.9. The molecule has 136 valence electrons. The fourth-order valence-electron chi connectivity index (χ4n) is 4.46. The summed E-state index contributed by atoms with van der Waals surface area (Å²) in [4.78, 5) is 23.4. The fourth-order valence-corrected chi connectivity index (χ4v) is 4.46. The van der Waals surface area contributed by atoms with Crippen molar-refractivity contribution in [3.05, 3.63) is 18.1 Å². The maximum absolute atomic E-state index is 12.5. The van der Waals surface area contributed by atoms with E-state index in [1.54, 1.807) is 6.33 Å². The van der Waals surface area contributed by atoms with Crippen LogP contribution in [-0.2, 0) is 4.79 Å². The number of hydrogen-bond donors (Lipinski definition) is 2. The predicted octanol–water partition coefficient (Wildman–Crippen LogP) is 2.27. The summed E-state index contributed by atoms with van der Waals surface area (Å²) in [6, 6.07) is 2.80. The summed E-state index contributed by atoms with van der Waals surface area (Å²) in [5, 5.41) is 3.54. The molecule has 1 saturated heterocycles. The number of anilines is 1. The molecule has 0 spiro atoms. The average molecular weight is 343 g/mol. The number of rotatable bonds is 4. The van der Waals surface area contributed by atoms with Gasteiger partial charge in [0, 0.05) is 48.8 Å². The molecule has 1 amide bonds. The van der Waals surface area contributed by atoms with Gasteiger partial charge in [-0.05, 0) is 38.5 Å². The van der Waals surface area contributed by atoms with Crippen molar-refractivity contribution in [1.82, 2.24) is 14.9 Å². The number of hydrogen-bond acceptors (Lipinski definition) is 5. The molecule has 0 unspecified atom stereocenters. The van der Waals surface area contributed by atoms with E-state index in [-0.39, 0.29) is 0 Å². The largest absolute Gasteiger partial charge is 0.367 e. The zero-order chi connectivity index (χ0) is 17.2. The molecule has 4 rings (SSSR count). The van der Waals surface area contributed by atoms with Gasteiger partial charge in [0.05, 0.1) is 0 Å². The third-order valence-corrected chi connectivity index (χ3v) is 6.14. The Morgan fingerprint density at radius 3 is 2.52 bits per heavy atom. The Kier molecular flexibility index (Phi) is 4.88. The molecule has 2 aliphatic carbocycles. The van der Waals surface area contributed by atoms with Gasteiger partial charge in [-0.25, -0.2) is 9.97 Å². The number of nitrogens with zero attached hydrogens (tertiary/aromatic N) is 3. The first-order valence-corrected chi connectivity index (χ1v) is 9.82. The third kappa shape index (κ3) is 3.78. The third-order valence-electron chi connectivity index (χ3n) is 6.14.